The average Bonchev–Trinajstić information content (AvgIpc) is 2.43. The molecular formula is C16H26N2. The van der Waals surface area contributed by atoms with Gasteiger partial charge in [-0.3, -0.25) is 0 Å². The van der Waals surface area contributed by atoms with Crippen LogP contribution >= 0.6 is 0 Å². The van der Waals surface area contributed by atoms with Gasteiger partial charge in [0.15, 0.2) is 0 Å². The van der Waals surface area contributed by atoms with Crippen molar-refractivity contribution in [3.63, 3.8) is 0 Å². The average molecular weight is 246 g/mol. The Bertz CT molecular complexity index is 362. The van der Waals surface area contributed by atoms with Gasteiger partial charge in [0.1, 0.15) is 0 Å². The zero-order valence-corrected chi connectivity index (χ0v) is 11.8. The van der Waals surface area contributed by atoms with Crippen LogP contribution in [0.4, 0.5) is 0 Å². The van der Waals surface area contributed by atoms with Crippen molar-refractivity contribution in [2.45, 2.75) is 32.1 Å². The predicted octanol–water partition coefficient (Wildman–Crippen LogP) is 2.65. The topological polar surface area (TPSA) is 15.3 Å². The summed E-state index contributed by atoms with van der Waals surface area (Å²) in [5, 5.41) is 3.62. The summed E-state index contributed by atoms with van der Waals surface area (Å²) in [6.45, 7) is 6.72. The number of hydrogen-bond acceptors (Lipinski definition) is 2. The van der Waals surface area contributed by atoms with Crippen molar-refractivity contribution in [3.8, 4) is 0 Å². The molecule has 1 N–H and O–H groups in total. The van der Waals surface area contributed by atoms with Crippen molar-refractivity contribution in [1.29, 1.82) is 0 Å². The first-order chi connectivity index (χ1) is 8.81. The number of fused-ring (bicyclic) bond motifs is 1. The summed E-state index contributed by atoms with van der Waals surface area (Å²) in [6, 6.07) is 8.97. The van der Waals surface area contributed by atoms with E-state index in [1.165, 1.54) is 19.3 Å². The highest BCUT2D eigenvalue weighted by Crippen LogP contribution is 2.30. The van der Waals surface area contributed by atoms with Crippen molar-refractivity contribution in [1.82, 2.24) is 10.2 Å². The number of benzene rings is 1. The van der Waals surface area contributed by atoms with Crippen molar-refractivity contribution in [2.24, 2.45) is 0 Å². The van der Waals surface area contributed by atoms with Gasteiger partial charge in [0.05, 0.1) is 0 Å². The zero-order valence-electron chi connectivity index (χ0n) is 11.8. The van der Waals surface area contributed by atoms with Crippen LogP contribution in [0.1, 0.15) is 36.8 Å². The van der Waals surface area contributed by atoms with Gasteiger partial charge in [-0.1, -0.05) is 31.2 Å². The molecule has 2 rings (SSSR count). The molecule has 0 heterocycles. The van der Waals surface area contributed by atoms with E-state index in [4.69, 9.17) is 0 Å². The monoisotopic (exact) mass is 246 g/mol. The van der Waals surface area contributed by atoms with Gasteiger partial charge in [-0.25, -0.2) is 0 Å². The van der Waals surface area contributed by atoms with E-state index in [2.05, 4.69) is 48.5 Å². The van der Waals surface area contributed by atoms with E-state index in [0.717, 1.165) is 32.1 Å². The Morgan fingerprint density at radius 2 is 2.17 bits per heavy atom. The number of likely N-dealkylation sites (N-methyl/N-ethyl adjacent to an activating group) is 1. The third-order valence-corrected chi connectivity index (χ3v) is 4.09. The summed E-state index contributed by atoms with van der Waals surface area (Å²) >= 11 is 0. The van der Waals surface area contributed by atoms with Crippen LogP contribution in [0.5, 0.6) is 0 Å². The summed E-state index contributed by atoms with van der Waals surface area (Å²) in [5.74, 6) is 0.724. The molecule has 0 saturated carbocycles. The van der Waals surface area contributed by atoms with Gasteiger partial charge in [-0.05, 0) is 49.9 Å². The molecule has 1 aliphatic carbocycles. The second kappa shape index (κ2) is 6.91. The third-order valence-electron chi connectivity index (χ3n) is 4.09. The van der Waals surface area contributed by atoms with Gasteiger partial charge in [-0.2, -0.15) is 0 Å². The van der Waals surface area contributed by atoms with Crippen LogP contribution in [-0.4, -0.2) is 38.1 Å². The minimum Gasteiger partial charge on any atom is -0.315 e. The maximum Gasteiger partial charge on any atom is 0.0104 e. The van der Waals surface area contributed by atoms with E-state index in [1.807, 2.05) is 0 Å². The normalized spacial score (nSPS) is 18.9. The van der Waals surface area contributed by atoms with E-state index in [9.17, 15) is 0 Å². The molecule has 18 heavy (non-hydrogen) atoms. The fraction of sp³-hybridized carbons (Fsp3) is 0.625. The van der Waals surface area contributed by atoms with Gasteiger partial charge >= 0.3 is 0 Å². The standard InChI is InChI=1S/C16H26N2/c1-3-18(2)12-11-17-13-15-9-6-8-14-7-4-5-10-16(14)15/h4-5,7,10,15,17H,3,6,8-9,11-13H2,1-2H3. The van der Waals surface area contributed by atoms with Crippen LogP contribution in [0, 0.1) is 0 Å². The number of rotatable bonds is 6. The number of nitrogens with zero attached hydrogens (tertiary/aromatic N) is 1. The summed E-state index contributed by atoms with van der Waals surface area (Å²) < 4.78 is 0. The lowest BCUT2D eigenvalue weighted by atomic mass is 9.83. The highest BCUT2D eigenvalue weighted by molar-refractivity contribution is 5.32. The highest BCUT2D eigenvalue weighted by Gasteiger charge is 2.18. The minimum atomic E-state index is 0.724. The lowest BCUT2D eigenvalue weighted by molar-refractivity contribution is 0.345. The second-order valence-electron chi connectivity index (χ2n) is 5.39. The van der Waals surface area contributed by atoms with Gasteiger partial charge < -0.3 is 10.2 Å². The molecule has 0 saturated heterocycles. The molecule has 0 radical (unpaired) electrons. The van der Waals surface area contributed by atoms with Gasteiger partial charge in [0.25, 0.3) is 0 Å². The fourth-order valence-corrected chi connectivity index (χ4v) is 2.77. The molecule has 0 aliphatic heterocycles. The Morgan fingerprint density at radius 3 is 3.00 bits per heavy atom. The molecule has 100 valence electrons. The summed E-state index contributed by atoms with van der Waals surface area (Å²) in [4.78, 5) is 2.35. The zero-order chi connectivity index (χ0) is 12.8. The Kier molecular flexibility index (Phi) is 5.21. The maximum atomic E-state index is 3.62. The van der Waals surface area contributed by atoms with E-state index < -0.39 is 0 Å². The first-order valence-corrected chi connectivity index (χ1v) is 7.28. The lowest BCUT2D eigenvalue weighted by Crippen LogP contribution is -2.32. The molecule has 1 unspecified atom stereocenters. The SMILES string of the molecule is CCN(C)CCNCC1CCCc2ccccc21. The van der Waals surface area contributed by atoms with Crippen molar-refractivity contribution in [3.05, 3.63) is 35.4 Å². The quantitative estimate of drug-likeness (QED) is 0.776. The Balaban J connectivity index is 1.81. The van der Waals surface area contributed by atoms with E-state index in [0.29, 0.717) is 0 Å². The Labute approximate surface area is 111 Å². The number of aryl methyl sites for hydroxylation is 1. The molecule has 0 aromatic heterocycles. The smallest absolute Gasteiger partial charge is 0.0104 e. The minimum absolute atomic E-state index is 0.724. The van der Waals surface area contributed by atoms with Crippen LogP contribution in [0.15, 0.2) is 24.3 Å². The summed E-state index contributed by atoms with van der Waals surface area (Å²) in [6.07, 6.45) is 3.96. The van der Waals surface area contributed by atoms with Crippen LogP contribution in [0.2, 0.25) is 0 Å². The van der Waals surface area contributed by atoms with Crippen LogP contribution in [0.25, 0.3) is 0 Å². The lowest BCUT2D eigenvalue weighted by Gasteiger charge is -2.26. The Morgan fingerprint density at radius 1 is 1.33 bits per heavy atom. The molecule has 1 aromatic carbocycles. The van der Waals surface area contributed by atoms with Crippen molar-refractivity contribution < 1.29 is 0 Å². The molecule has 0 fully saturated rings. The van der Waals surface area contributed by atoms with E-state index >= 15 is 0 Å². The number of hydrogen-bond donors (Lipinski definition) is 1. The van der Waals surface area contributed by atoms with Crippen molar-refractivity contribution >= 4 is 0 Å². The molecule has 0 bridgehead atoms. The molecule has 0 amide bonds. The predicted molar refractivity (Wildman–Crippen MR) is 78.2 cm³/mol. The van der Waals surface area contributed by atoms with Crippen LogP contribution in [-0.2, 0) is 6.42 Å². The first kappa shape index (κ1) is 13.6. The molecular weight excluding hydrogens is 220 g/mol. The summed E-state index contributed by atoms with van der Waals surface area (Å²) in [7, 11) is 2.18. The molecule has 1 atom stereocenters. The van der Waals surface area contributed by atoms with Crippen molar-refractivity contribution in [2.75, 3.05) is 33.2 Å². The molecule has 1 aromatic rings. The first-order valence-electron chi connectivity index (χ1n) is 7.28. The molecule has 2 heteroatoms. The molecule has 1 aliphatic rings. The van der Waals surface area contributed by atoms with E-state index in [-0.39, 0.29) is 0 Å². The van der Waals surface area contributed by atoms with Crippen LogP contribution < -0.4 is 5.32 Å². The Hall–Kier alpha value is -0.860. The largest absolute Gasteiger partial charge is 0.315 e. The third kappa shape index (κ3) is 3.56. The van der Waals surface area contributed by atoms with Gasteiger partial charge in [0, 0.05) is 19.6 Å². The maximum absolute atomic E-state index is 3.62. The number of nitrogens with one attached hydrogen (secondary N) is 1. The molecule has 2 nitrogen and oxygen atoms in total. The fourth-order valence-electron chi connectivity index (χ4n) is 2.77. The highest BCUT2D eigenvalue weighted by atomic mass is 15.1. The van der Waals surface area contributed by atoms with E-state index in [1.54, 1.807) is 11.1 Å². The second-order valence-corrected chi connectivity index (χ2v) is 5.39. The van der Waals surface area contributed by atoms with Crippen LogP contribution in [0.3, 0.4) is 0 Å². The summed E-state index contributed by atoms with van der Waals surface area (Å²) in [5.41, 5.74) is 3.15. The van der Waals surface area contributed by atoms with Gasteiger partial charge in [-0.15, -0.1) is 0 Å². The molecule has 0 spiro atoms. The van der Waals surface area contributed by atoms with Gasteiger partial charge in [0.2, 0.25) is 0 Å².